The molecule has 0 saturated heterocycles. The van der Waals surface area contributed by atoms with Gasteiger partial charge in [0.15, 0.2) is 0 Å². The molecule has 3 aromatic heterocycles. The number of rotatable bonds is 2. The summed E-state index contributed by atoms with van der Waals surface area (Å²) in [5.74, 6) is -0.893. The molecule has 0 saturated carbocycles. The smallest absolute Gasteiger partial charge is 0.339 e. The van der Waals surface area contributed by atoms with Crippen LogP contribution in [0.2, 0.25) is 0 Å². The van der Waals surface area contributed by atoms with Crippen LogP contribution in [0.5, 0.6) is 0 Å². The molecule has 0 aliphatic carbocycles. The van der Waals surface area contributed by atoms with E-state index in [-0.39, 0.29) is 17.2 Å². The second kappa shape index (κ2) is 3.80. The summed E-state index contributed by atoms with van der Waals surface area (Å²) in [6, 6.07) is 3.37. The molecule has 0 aromatic carbocycles. The Balaban J connectivity index is 2.24. The van der Waals surface area contributed by atoms with Gasteiger partial charge in [-0.25, -0.2) is 14.3 Å². The summed E-state index contributed by atoms with van der Waals surface area (Å²) in [6.45, 7) is 1.60. The summed E-state index contributed by atoms with van der Waals surface area (Å²) in [5, 5.41) is 12.9. The van der Waals surface area contributed by atoms with Crippen LogP contribution < -0.4 is 5.69 Å². The summed E-state index contributed by atoms with van der Waals surface area (Å²) in [7, 11) is 0. The average molecular weight is 259 g/mol. The van der Waals surface area contributed by atoms with Crippen molar-refractivity contribution in [3.63, 3.8) is 0 Å². The van der Waals surface area contributed by atoms with Crippen molar-refractivity contribution in [1.82, 2.24) is 24.1 Å². The molecule has 0 aliphatic rings. The van der Waals surface area contributed by atoms with E-state index in [9.17, 15) is 9.59 Å². The van der Waals surface area contributed by atoms with Crippen LogP contribution >= 0.6 is 0 Å². The van der Waals surface area contributed by atoms with Crippen molar-refractivity contribution in [3.05, 3.63) is 46.3 Å². The van der Waals surface area contributed by atoms with Crippen LogP contribution in [0.1, 0.15) is 16.1 Å². The van der Waals surface area contributed by atoms with Gasteiger partial charge in [0, 0.05) is 6.20 Å². The monoisotopic (exact) mass is 259 g/mol. The Hall–Kier alpha value is -2.90. The van der Waals surface area contributed by atoms with Crippen molar-refractivity contribution in [1.29, 1.82) is 0 Å². The number of fused-ring (bicyclic) bond motifs is 1. The van der Waals surface area contributed by atoms with Gasteiger partial charge >= 0.3 is 11.7 Å². The number of nitrogens with zero attached hydrogens (tertiary/aromatic N) is 4. The number of hydrogen-bond acceptors (Lipinski definition) is 4. The van der Waals surface area contributed by atoms with Crippen molar-refractivity contribution in [2.45, 2.75) is 6.92 Å². The van der Waals surface area contributed by atoms with Crippen molar-refractivity contribution < 1.29 is 9.90 Å². The molecule has 0 atom stereocenters. The zero-order valence-corrected chi connectivity index (χ0v) is 9.86. The molecule has 0 amide bonds. The maximum atomic E-state index is 11.8. The molecule has 2 N–H and O–H groups in total. The number of H-pyrrole nitrogens is 1. The average Bonchev–Trinajstić information content (AvgIpc) is 2.94. The first-order valence-electron chi connectivity index (χ1n) is 5.43. The van der Waals surface area contributed by atoms with Gasteiger partial charge in [-0.3, -0.25) is 9.38 Å². The number of aromatic nitrogens is 5. The van der Waals surface area contributed by atoms with Gasteiger partial charge in [0.2, 0.25) is 5.95 Å². The minimum atomic E-state index is -1.07. The van der Waals surface area contributed by atoms with E-state index in [4.69, 9.17) is 5.11 Å². The lowest BCUT2D eigenvalue weighted by Crippen LogP contribution is -2.20. The lowest BCUT2D eigenvalue weighted by atomic mass is 10.3. The molecule has 0 fully saturated rings. The van der Waals surface area contributed by atoms with Crippen molar-refractivity contribution in [3.8, 4) is 5.95 Å². The van der Waals surface area contributed by atoms with E-state index in [1.165, 1.54) is 15.3 Å². The number of carbonyl (C=O) groups is 1. The fourth-order valence-corrected chi connectivity index (χ4v) is 1.86. The Labute approximate surface area is 106 Å². The van der Waals surface area contributed by atoms with Crippen LogP contribution in [0.15, 0.2) is 29.3 Å². The number of aromatic carboxylic acids is 1. The maximum Gasteiger partial charge on any atom is 0.339 e. The van der Waals surface area contributed by atoms with E-state index >= 15 is 0 Å². The first-order chi connectivity index (χ1) is 9.08. The van der Waals surface area contributed by atoms with E-state index in [0.717, 1.165) is 0 Å². The third-order valence-corrected chi connectivity index (χ3v) is 2.83. The topological polar surface area (TPSA) is 105 Å². The van der Waals surface area contributed by atoms with Gasteiger partial charge in [0.1, 0.15) is 11.2 Å². The normalized spacial score (nSPS) is 11.0. The largest absolute Gasteiger partial charge is 0.478 e. The Kier molecular flexibility index (Phi) is 2.24. The lowest BCUT2D eigenvalue weighted by molar-refractivity contribution is 0.0696. The van der Waals surface area contributed by atoms with Crippen LogP contribution in [-0.2, 0) is 0 Å². The molecule has 0 unspecified atom stereocenters. The number of nitrogens with one attached hydrogen (secondary N) is 1. The molecule has 96 valence electrons. The zero-order chi connectivity index (χ0) is 13.6. The fourth-order valence-electron chi connectivity index (χ4n) is 1.86. The summed E-state index contributed by atoms with van der Waals surface area (Å²) in [6.07, 6.45) is 2.81. The molecular formula is C11H9N5O3. The molecule has 8 heteroatoms. The Morgan fingerprint density at radius 1 is 1.47 bits per heavy atom. The number of hydrogen-bond donors (Lipinski definition) is 2. The third kappa shape index (κ3) is 1.61. The first kappa shape index (κ1) is 11.2. The van der Waals surface area contributed by atoms with Gasteiger partial charge in [-0.15, -0.1) is 0 Å². The van der Waals surface area contributed by atoms with E-state index < -0.39 is 5.97 Å². The summed E-state index contributed by atoms with van der Waals surface area (Å²) >= 11 is 0. The highest BCUT2D eigenvalue weighted by molar-refractivity contribution is 5.88. The van der Waals surface area contributed by atoms with Crippen molar-refractivity contribution in [2.24, 2.45) is 0 Å². The third-order valence-electron chi connectivity index (χ3n) is 2.83. The van der Waals surface area contributed by atoms with E-state index in [2.05, 4.69) is 15.1 Å². The SMILES string of the molecule is Cc1c(C(=O)O)cnn1-c1nc2cccn2c(=O)[nH]1. The highest BCUT2D eigenvalue weighted by atomic mass is 16.4. The van der Waals surface area contributed by atoms with Gasteiger partial charge in [0.25, 0.3) is 0 Å². The molecule has 0 bridgehead atoms. The highest BCUT2D eigenvalue weighted by Gasteiger charge is 2.15. The fraction of sp³-hybridized carbons (Fsp3) is 0.0909. The second-order valence-corrected chi connectivity index (χ2v) is 3.96. The number of aromatic amines is 1. The van der Waals surface area contributed by atoms with Gasteiger partial charge in [0.05, 0.1) is 11.9 Å². The molecule has 3 rings (SSSR count). The molecule has 0 aliphatic heterocycles. The van der Waals surface area contributed by atoms with Crippen molar-refractivity contribution >= 4 is 11.6 Å². The molecule has 0 radical (unpaired) electrons. The van der Waals surface area contributed by atoms with Crippen molar-refractivity contribution in [2.75, 3.05) is 0 Å². The zero-order valence-electron chi connectivity index (χ0n) is 9.86. The summed E-state index contributed by atoms with van der Waals surface area (Å²) in [4.78, 5) is 29.5. The molecule has 0 spiro atoms. The second-order valence-electron chi connectivity index (χ2n) is 3.96. The minimum absolute atomic E-state index is 0.0675. The van der Waals surface area contributed by atoms with Gasteiger partial charge in [-0.05, 0) is 19.1 Å². The van der Waals surface area contributed by atoms with Crippen LogP contribution in [0.3, 0.4) is 0 Å². The minimum Gasteiger partial charge on any atom is -0.478 e. The number of carboxylic acids is 1. The first-order valence-corrected chi connectivity index (χ1v) is 5.43. The van der Waals surface area contributed by atoms with E-state index in [1.807, 2.05) is 0 Å². The maximum absolute atomic E-state index is 11.8. The predicted molar refractivity (Wildman–Crippen MR) is 64.6 cm³/mol. The molecule has 19 heavy (non-hydrogen) atoms. The number of carboxylic acid groups (broad SMARTS) is 1. The molecule has 3 heterocycles. The molecular weight excluding hydrogens is 250 g/mol. The standard InChI is InChI=1S/C11H9N5O3/c1-6-7(9(17)18)5-12-16(6)10-13-8-3-2-4-15(8)11(19)14-10/h2-5H,1H3,(H,17,18)(H,13,14,19). The van der Waals surface area contributed by atoms with Crippen LogP contribution in [0.4, 0.5) is 0 Å². The van der Waals surface area contributed by atoms with E-state index in [0.29, 0.717) is 11.3 Å². The summed E-state index contributed by atoms with van der Waals surface area (Å²) in [5.41, 5.74) is 0.562. The Morgan fingerprint density at radius 3 is 2.95 bits per heavy atom. The molecule has 8 nitrogen and oxygen atoms in total. The Bertz CT molecular complexity index is 842. The summed E-state index contributed by atoms with van der Waals surface area (Å²) < 4.78 is 2.64. The van der Waals surface area contributed by atoms with Crippen LogP contribution in [0.25, 0.3) is 11.6 Å². The highest BCUT2D eigenvalue weighted by Crippen LogP contribution is 2.10. The quantitative estimate of drug-likeness (QED) is 0.684. The molecule has 3 aromatic rings. The van der Waals surface area contributed by atoms with Gasteiger partial charge < -0.3 is 5.11 Å². The van der Waals surface area contributed by atoms with Crippen LogP contribution in [0, 0.1) is 6.92 Å². The Morgan fingerprint density at radius 2 is 2.26 bits per heavy atom. The van der Waals surface area contributed by atoms with Gasteiger partial charge in [-0.1, -0.05) is 0 Å². The predicted octanol–water partition coefficient (Wildman–Crippen LogP) is 0.215. The lowest BCUT2D eigenvalue weighted by Gasteiger charge is -2.03. The van der Waals surface area contributed by atoms with Gasteiger partial charge in [-0.2, -0.15) is 10.1 Å². The van der Waals surface area contributed by atoms with Crippen LogP contribution in [-0.4, -0.2) is 35.2 Å². The van der Waals surface area contributed by atoms with E-state index in [1.54, 1.807) is 25.3 Å².